The van der Waals surface area contributed by atoms with Crippen molar-refractivity contribution in [3.63, 3.8) is 0 Å². The fraction of sp³-hybridized carbons (Fsp3) is 0.350. The van der Waals surface area contributed by atoms with Crippen LogP contribution in [0, 0.1) is 0 Å². The van der Waals surface area contributed by atoms with Crippen LogP contribution >= 0.6 is 0 Å². The summed E-state index contributed by atoms with van der Waals surface area (Å²) in [6.07, 6.45) is 2.40. The van der Waals surface area contributed by atoms with Crippen molar-refractivity contribution in [3.05, 3.63) is 60.2 Å². The van der Waals surface area contributed by atoms with Crippen LogP contribution in [0.15, 0.2) is 54.6 Å². The number of hydrogen-bond donors (Lipinski definition) is 2. The molecular weight excluding hydrogens is 316 g/mol. The van der Waals surface area contributed by atoms with E-state index in [2.05, 4.69) is 10.6 Å². The molecule has 0 radical (unpaired) electrons. The summed E-state index contributed by atoms with van der Waals surface area (Å²) >= 11 is 0. The van der Waals surface area contributed by atoms with Crippen LogP contribution in [0.4, 0.5) is 5.69 Å². The predicted octanol–water partition coefficient (Wildman–Crippen LogP) is 2.12. The Labute approximate surface area is 148 Å². The van der Waals surface area contributed by atoms with Crippen LogP contribution in [0.25, 0.3) is 0 Å². The van der Waals surface area contributed by atoms with E-state index in [4.69, 9.17) is 9.47 Å². The molecule has 2 aromatic carbocycles. The van der Waals surface area contributed by atoms with Gasteiger partial charge in [-0.25, -0.2) is 0 Å². The summed E-state index contributed by atoms with van der Waals surface area (Å²) in [7, 11) is 1.61. The van der Waals surface area contributed by atoms with Gasteiger partial charge in [0.2, 0.25) is 0 Å². The van der Waals surface area contributed by atoms with Gasteiger partial charge >= 0.3 is 0 Å². The topological polar surface area (TPSA) is 64.2 Å². The van der Waals surface area contributed by atoms with Crippen molar-refractivity contribution in [1.82, 2.24) is 0 Å². The molecule has 1 aliphatic heterocycles. The van der Waals surface area contributed by atoms with Crippen molar-refractivity contribution in [2.45, 2.75) is 25.0 Å². The van der Waals surface area contributed by atoms with Gasteiger partial charge < -0.3 is 20.1 Å². The second-order valence-corrected chi connectivity index (χ2v) is 6.22. The van der Waals surface area contributed by atoms with Crippen LogP contribution in [-0.4, -0.2) is 32.3 Å². The van der Waals surface area contributed by atoms with Crippen molar-refractivity contribution < 1.29 is 19.6 Å². The highest BCUT2D eigenvalue weighted by molar-refractivity contribution is 5.94. The lowest BCUT2D eigenvalue weighted by Crippen LogP contribution is -2.89. The monoisotopic (exact) mass is 341 g/mol. The quantitative estimate of drug-likeness (QED) is 0.811. The molecule has 5 nitrogen and oxygen atoms in total. The van der Waals surface area contributed by atoms with Crippen molar-refractivity contribution >= 4 is 11.6 Å². The normalized spacial score (nSPS) is 17.9. The molecule has 2 atom stereocenters. The summed E-state index contributed by atoms with van der Waals surface area (Å²) in [6, 6.07) is 16.9. The van der Waals surface area contributed by atoms with Crippen LogP contribution in [0.5, 0.6) is 5.75 Å². The number of anilines is 1. The van der Waals surface area contributed by atoms with E-state index in [1.54, 1.807) is 7.11 Å². The molecule has 0 bridgehead atoms. The molecule has 132 valence electrons. The number of nitrogens with one attached hydrogen (secondary N) is 1. The Hall–Kier alpha value is -2.37. The zero-order chi connectivity index (χ0) is 17.5. The van der Waals surface area contributed by atoms with Crippen molar-refractivity contribution in [3.8, 4) is 5.75 Å². The molecule has 0 saturated carbocycles. The van der Waals surface area contributed by atoms with Crippen LogP contribution < -0.4 is 15.4 Å². The van der Waals surface area contributed by atoms with E-state index in [0.29, 0.717) is 0 Å². The molecule has 0 unspecified atom stereocenters. The largest absolute Gasteiger partial charge is 0.497 e. The molecule has 2 aromatic rings. The number of quaternary nitrogens is 1. The lowest BCUT2D eigenvalue weighted by molar-refractivity contribution is -0.687. The molecule has 1 fully saturated rings. The zero-order valence-corrected chi connectivity index (χ0v) is 14.5. The van der Waals surface area contributed by atoms with Crippen molar-refractivity contribution in [2.75, 3.05) is 25.6 Å². The lowest BCUT2D eigenvalue weighted by Gasteiger charge is -2.18. The third-order valence-corrected chi connectivity index (χ3v) is 4.44. The number of carbonyl (C=O) groups excluding carboxylic acids is 1. The Morgan fingerprint density at radius 1 is 1.28 bits per heavy atom. The molecule has 0 aliphatic carbocycles. The summed E-state index contributed by atoms with van der Waals surface area (Å²) in [4.78, 5) is 12.9. The predicted molar refractivity (Wildman–Crippen MR) is 96.6 cm³/mol. The number of carbonyl (C=O) groups is 1. The van der Waals surface area contributed by atoms with E-state index in [1.807, 2.05) is 54.6 Å². The SMILES string of the molecule is COc1cccc(NC(=O)[C@@H]([NH2+]C[C@@H]2CCCO2)c2ccccc2)c1. The summed E-state index contributed by atoms with van der Waals surface area (Å²) in [5, 5.41) is 5.07. The Balaban J connectivity index is 1.71. The maximum absolute atomic E-state index is 12.9. The Morgan fingerprint density at radius 2 is 2.12 bits per heavy atom. The smallest absolute Gasteiger partial charge is 0.287 e. The molecular formula is C20H25N2O3+. The number of methoxy groups -OCH3 is 1. The first-order valence-corrected chi connectivity index (χ1v) is 8.71. The zero-order valence-electron chi connectivity index (χ0n) is 14.5. The maximum Gasteiger partial charge on any atom is 0.287 e. The summed E-state index contributed by atoms with van der Waals surface area (Å²) < 4.78 is 10.9. The van der Waals surface area contributed by atoms with E-state index in [9.17, 15) is 4.79 Å². The third-order valence-electron chi connectivity index (χ3n) is 4.44. The van der Waals surface area contributed by atoms with Crippen molar-refractivity contribution in [1.29, 1.82) is 0 Å². The molecule has 3 N–H and O–H groups in total. The Kier molecular flexibility index (Phi) is 6.04. The number of benzene rings is 2. The van der Waals surface area contributed by atoms with Crippen molar-refractivity contribution in [2.24, 2.45) is 0 Å². The highest BCUT2D eigenvalue weighted by atomic mass is 16.5. The second-order valence-electron chi connectivity index (χ2n) is 6.22. The minimum absolute atomic E-state index is 0.0440. The first-order chi connectivity index (χ1) is 12.3. The first kappa shape index (κ1) is 17.5. The van der Waals surface area contributed by atoms with E-state index >= 15 is 0 Å². The molecule has 1 aliphatic rings. The van der Waals surface area contributed by atoms with Gasteiger partial charge in [0.15, 0.2) is 6.04 Å². The Bertz CT molecular complexity index is 684. The van der Waals surface area contributed by atoms with Crippen LogP contribution in [0.1, 0.15) is 24.4 Å². The van der Waals surface area contributed by atoms with Gasteiger partial charge in [-0.2, -0.15) is 0 Å². The van der Waals surface area contributed by atoms with Crippen LogP contribution in [0.3, 0.4) is 0 Å². The number of rotatable bonds is 7. The van der Waals surface area contributed by atoms with E-state index in [0.717, 1.165) is 43.0 Å². The van der Waals surface area contributed by atoms with E-state index in [1.165, 1.54) is 0 Å². The number of amides is 1. The molecule has 0 spiro atoms. The number of hydrogen-bond acceptors (Lipinski definition) is 3. The van der Waals surface area contributed by atoms with Gasteiger partial charge in [-0.15, -0.1) is 0 Å². The summed E-state index contributed by atoms with van der Waals surface area (Å²) in [5.74, 6) is 0.676. The minimum Gasteiger partial charge on any atom is -0.497 e. The summed E-state index contributed by atoms with van der Waals surface area (Å²) in [5.41, 5.74) is 1.72. The van der Waals surface area contributed by atoms with Gasteiger partial charge in [0, 0.05) is 23.9 Å². The Morgan fingerprint density at radius 3 is 2.84 bits per heavy atom. The molecule has 1 heterocycles. The molecule has 1 saturated heterocycles. The van der Waals surface area contributed by atoms with Gasteiger partial charge in [-0.1, -0.05) is 36.4 Å². The average molecular weight is 341 g/mol. The van der Waals surface area contributed by atoms with Gasteiger partial charge in [0.1, 0.15) is 18.4 Å². The van der Waals surface area contributed by atoms with Crippen LogP contribution in [0.2, 0.25) is 0 Å². The highest BCUT2D eigenvalue weighted by Crippen LogP contribution is 2.19. The number of ether oxygens (including phenoxy) is 2. The first-order valence-electron chi connectivity index (χ1n) is 8.71. The van der Waals surface area contributed by atoms with Crippen LogP contribution in [-0.2, 0) is 9.53 Å². The average Bonchev–Trinajstić information content (AvgIpc) is 3.16. The van der Waals surface area contributed by atoms with Gasteiger partial charge in [-0.05, 0) is 25.0 Å². The number of nitrogens with two attached hydrogens (primary N) is 1. The molecule has 3 rings (SSSR count). The maximum atomic E-state index is 12.9. The fourth-order valence-corrected chi connectivity index (χ4v) is 3.09. The fourth-order valence-electron chi connectivity index (χ4n) is 3.09. The standard InChI is InChI=1S/C20H24N2O3/c1-24-17-10-5-9-16(13-17)22-20(23)19(15-7-3-2-4-8-15)21-14-18-11-6-12-25-18/h2-5,7-10,13,18-19,21H,6,11-12,14H2,1H3,(H,22,23)/p+1/t18-,19-/m0/s1. The molecule has 0 aromatic heterocycles. The van der Waals surface area contributed by atoms with E-state index < -0.39 is 0 Å². The summed E-state index contributed by atoms with van der Waals surface area (Å²) in [6.45, 7) is 1.61. The second kappa shape index (κ2) is 8.65. The molecule has 25 heavy (non-hydrogen) atoms. The lowest BCUT2D eigenvalue weighted by atomic mass is 10.1. The molecule has 5 heteroatoms. The van der Waals surface area contributed by atoms with Gasteiger partial charge in [0.05, 0.1) is 7.11 Å². The minimum atomic E-state index is -0.309. The highest BCUT2D eigenvalue weighted by Gasteiger charge is 2.27. The third kappa shape index (κ3) is 4.81. The van der Waals surface area contributed by atoms with Gasteiger partial charge in [-0.3, -0.25) is 4.79 Å². The van der Waals surface area contributed by atoms with Gasteiger partial charge in [0.25, 0.3) is 5.91 Å². The molecule has 1 amide bonds. The van der Waals surface area contributed by atoms with E-state index in [-0.39, 0.29) is 18.1 Å².